The van der Waals surface area contributed by atoms with Crippen LogP contribution in [0.5, 0.6) is 0 Å². The van der Waals surface area contributed by atoms with Crippen LogP contribution in [-0.4, -0.2) is 6.61 Å². The van der Waals surface area contributed by atoms with Gasteiger partial charge in [-0.25, -0.2) is 0 Å². The van der Waals surface area contributed by atoms with Crippen molar-refractivity contribution in [2.45, 2.75) is 0 Å². The summed E-state index contributed by atoms with van der Waals surface area (Å²) in [6, 6.07) is 0. The molecule has 0 atom stereocenters. The topological polar surface area (TPSA) is 9.23 Å². The summed E-state index contributed by atoms with van der Waals surface area (Å²) in [5.74, 6) is 0. The summed E-state index contributed by atoms with van der Waals surface area (Å²) >= 11 is 11.1. The zero-order valence-electron chi connectivity index (χ0n) is 4.03. The molecule has 0 aromatic heterocycles. The van der Waals surface area contributed by atoms with E-state index in [1.165, 1.54) is 6.26 Å². The van der Waals surface area contributed by atoms with Gasteiger partial charge in [0.25, 0.3) is 0 Å². The van der Waals surface area contributed by atoms with Gasteiger partial charge in [-0.2, -0.15) is 0 Å². The predicted octanol–water partition coefficient (Wildman–Crippen LogP) is 2.22. The highest BCUT2D eigenvalue weighted by molar-refractivity contribution is 6.43. The third kappa shape index (κ3) is 1.17. The molecule has 0 amide bonds. The van der Waals surface area contributed by atoms with Crippen LogP contribution in [0.15, 0.2) is 22.4 Å². The molecule has 0 spiro atoms. The van der Waals surface area contributed by atoms with Gasteiger partial charge in [-0.15, -0.1) is 0 Å². The lowest BCUT2D eigenvalue weighted by Crippen LogP contribution is -1.90. The first-order valence-electron chi connectivity index (χ1n) is 2.14. The summed E-state index contributed by atoms with van der Waals surface area (Å²) in [7, 11) is 0. The number of ether oxygens (including phenoxy) is 1. The first-order chi connectivity index (χ1) is 3.80. The van der Waals surface area contributed by atoms with Gasteiger partial charge in [0.05, 0.1) is 10.1 Å². The van der Waals surface area contributed by atoms with E-state index in [1.807, 2.05) is 0 Å². The summed E-state index contributed by atoms with van der Waals surface area (Å²) in [4.78, 5) is 0. The third-order valence-corrected chi connectivity index (χ3v) is 1.52. The molecule has 0 bridgehead atoms. The van der Waals surface area contributed by atoms with Gasteiger partial charge < -0.3 is 4.74 Å². The number of allylic oxidation sites excluding steroid dienone is 2. The zero-order valence-corrected chi connectivity index (χ0v) is 5.54. The van der Waals surface area contributed by atoms with Gasteiger partial charge in [0, 0.05) is 0 Å². The summed E-state index contributed by atoms with van der Waals surface area (Å²) in [5, 5.41) is 1.04. The van der Waals surface area contributed by atoms with Gasteiger partial charge in [-0.1, -0.05) is 23.2 Å². The Kier molecular flexibility index (Phi) is 1.81. The van der Waals surface area contributed by atoms with Crippen LogP contribution in [0.3, 0.4) is 0 Å². The first-order valence-corrected chi connectivity index (χ1v) is 2.89. The normalized spacial score (nSPS) is 18.8. The van der Waals surface area contributed by atoms with Crippen molar-refractivity contribution in [2.24, 2.45) is 0 Å². The van der Waals surface area contributed by atoms with Crippen LogP contribution in [0.1, 0.15) is 0 Å². The van der Waals surface area contributed by atoms with Crippen LogP contribution in [0.25, 0.3) is 0 Å². The van der Waals surface area contributed by atoms with Gasteiger partial charge >= 0.3 is 0 Å². The molecule has 0 aromatic carbocycles. The Labute approximate surface area is 57.5 Å². The fourth-order valence-corrected chi connectivity index (χ4v) is 0.644. The third-order valence-electron chi connectivity index (χ3n) is 0.774. The highest BCUT2D eigenvalue weighted by Crippen LogP contribution is 2.21. The maximum Gasteiger partial charge on any atom is 0.107 e. The predicted molar refractivity (Wildman–Crippen MR) is 33.8 cm³/mol. The maximum absolute atomic E-state index is 5.55. The number of hydrogen-bond donors (Lipinski definition) is 0. The van der Waals surface area contributed by atoms with Crippen LogP contribution in [0, 0.1) is 0 Å². The first kappa shape index (κ1) is 5.99. The quantitative estimate of drug-likeness (QED) is 0.515. The Hall–Kier alpha value is -0.140. The highest BCUT2D eigenvalue weighted by Gasteiger charge is 2.01. The van der Waals surface area contributed by atoms with Crippen molar-refractivity contribution in [3.63, 3.8) is 0 Å². The Morgan fingerprint density at radius 1 is 1.38 bits per heavy atom. The van der Waals surface area contributed by atoms with Crippen molar-refractivity contribution in [3.8, 4) is 0 Å². The van der Waals surface area contributed by atoms with Crippen molar-refractivity contribution in [3.05, 3.63) is 22.4 Å². The van der Waals surface area contributed by atoms with Crippen molar-refractivity contribution < 1.29 is 4.74 Å². The second-order valence-corrected chi connectivity index (χ2v) is 2.17. The fourth-order valence-electron chi connectivity index (χ4n) is 0.396. The van der Waals surface area contributed by atoms with Crippen LogP contribution in [-0.2, 0) is 4.74 Å². The SMILES string of the molecule is ClC1=CCOC=C1Cl. The van der Waals surface area contributed by atoms with Crippen molar-refractivity contribution in [2.75, 3.05) is 6.61 Å². The smallest absolute Gasteiger partial charge is 0.107 e. The minimum absolute atomic E-state index is 0.470. The van der Waals surface area contributed by atoms with Crippen molar-refractivity contribution in [1.82, 2.24) is 0 Å². The molecule has 0 N–H and O–H groups in total. The van der Waals surface area contributed by atoms with E-state index in [2.05, 4.69) is 0 Å². The van der Waals surface area contributed by atoms with Crippen LogP contribution in [0.2, 0.25) is 0 Å². The molecular formula is C5H4Cl2O. The van der Waals surface area contributed by atoms with Crippen molar-refractivity contribution in [1.29, 1.82) is 0 Å². The van der Waals surface area contributed by atoms with Gasteiger partial charge in [-0.3, -0.25) is 0 Å². The Morgan fingerprint density at radius 2 is 2.12 bits per heavy atom. The van der Waals surface area contributed by atoms with Gasteiger partial charge in [0.15, 0.2) is 0 Å². The standard InChI is InChI=1S/C5H4Cl2O/c6-4-1-2-8-3-5(4)7/h1,3H,2H2. The summed E-state index contributed by atoms with van der Waals surface area (Å²) in [6.45, 7) is 0.523. The van der Waals surface area contributed by atoms with Gasteiger partial charge in [0.1, 0.15) is 12.9 Å². The second-order valence-electron chi connectivity index (χ2n) is 1.35. The van der Waals surface area contributed by atoms with E-state index in [1.54, 1.807) is 6.08 Å². The van der Waals surface area contributed by atoms with Gasteiger partial charge in [-0.05, 0) is 6.08 Å². The van der Waals surface area contributed by atoms with E-state index in [9.17, 15) is 0 Å². The van der Waals surface area contributed by atoms with E-state index in [4.69, 9.17) is 27.9 Å². The molecule has 0 unspecified atom stereocenters. The lowest BCUT2D eigenvalue weighted by Gasteiger charge is -2.03. The summed E-state index contributed by atoms with van der Waals surface area (Å²) in [5.41, 5.74) is 0. The molecule has 44 valence electrons. The largest absolute Gasteiger partial charge is 0.495 e. The molecule has 1 rings (SSSR count). The Balaban J connectivity index is 2.73. The fraction of sp³-hybridized carbons (Fsp3) is 0.200. The number of halogens is 2. The molecule has 1 nitrogen and oxygen atoms in total. The Morgan fingerprint density at radius 3 is 2.50 bits per heavy atom. The van der Waals surface area contributed by atoms with E-state index >= 15 is 0 Å². The molecule has 3 heteroatoms. The summed E-state index contributed by atoms with van der Waals surface area (Å²) < 4.78 is 4.80. The lowest BCUT2D eigenvalue weighted by atomic mass is 10.4. The zero-order chi connectivity index (χ0) is 5.98. The molecular weight excluding hydrogens is 147 g/mol. The Bertz CT molecular complexity index is 131. The van der Waals surface area contributed by atoms with E-state index < -0.39 is 0 Å². The molecule has 1 aliphatic rings. The van der Waals surface area contributed by atoms with Crippen LogP contribution < -0.4 is 0 Å². The van der Waals surface area contributed by atoms with Gasteiger partial charge in [0.2, 0.25) is 0 Å². The monoisotopic (exact) mass is 150 g/mol. The molecule has 1 heterocycles. The number of rotatable bonds is 0. The molecule has 0 saturated heterocycles. The molecule has 0 aliphatic carbocycles. The maximum atomic E-state index is 5.55. The highest BCUT2D eigenvalue weighted by atomic mass is 35.5. The number of hydrogen-bond acceptors (Lipinski definition) is 1. The minimum Gasteiger partial charge on any atom is -0.495 e. The molecule has 8 heavy (non-hydrogen) atoms. The van der Waals surface area contributed by atoms with Crippen LogP contribution >= 0.6 is 23.2 Å². The molecule has 1 aliphatic heterocycles. The van der Waals surface area contributed by atoms with E-state index in [0.717, 1.165) is 0 Å². The lowest BCUT2D eigenvalue weighted by molar-refractivity contribution is 0.284. The molecule has 0 fully saturated rings. The van der Waals surface area contributed by atoms with Crippen LogP contribution in [0.4, 0.5) is 0 Å². The average molecular weight is 151 g/mol. The van der Waals surface area contributed by atoms with E-state index in [0.29, 0.717) is 16.7 Å². The second kappa shape index (κ2) is 2.42. The van der Waals surface area contributed by atoms with E-state index in [-0.39, 0.29) is 0 Å². The molecule has 0 saturated carbocycles. The summed E-state index contributed by atoms with van der Waals surface area (Å²) in [6.07, 6.45) is 3.15. The minimum atomic E-state index is 0.470. The molecule has 0 aromatic rings. The average Bonchev–Trinajstić information content (AvgIpc) is 1.77. The van der Waals surface area contributed by atoms with Crippen molar-refractivity contribution >= 4 is 23.2 Å². The molecule has 0 radical (unpaired) electrons.